The van der Waals surface area contributed by atoms with E-state index in [1.807, 2.05) is 0 Å². The Bertz CT molecular complexity index is 939. The van der Waals surface area contributed by atoms with Crippen LogP contribution in [-0.4, -0.2) is 17.6 Å². The lowest BCUT2D eigenvalue weighted by molar-refractivity contribution is 0.556. The minimum Gasteiger partial charge on any atom is -0.398 e. The SMILES string of the molecule is Nc1cc(Br)cc2c1c(F)nn2S(=O)(=O)c1ccccc1. The average Bonchev–Trinajstić information content (AvgIpc) is 2.77. The maximum Gasteiger partial charge on any atom is 0.283 e. The van der Waals surface area contributed by atoms with Gasteiger partial charge in [0.1, 0.15) is 0 Å². The van der Waals surface area contributed by atoms with Crippen molar-refractivity contribution in [3.8, 4) is 0 Å². The second-order valence-electron chi connectivity index (χ2n) is 4.34. The fourth-order valence-electron chi connectivity index (χ4n) is 2.05. The molecule has 0 bridgehead atoms. The van der Waals surface area contributed by atoms with Gasteiger partial charge >= 0.3 is 0 Å². The summed E-state index contributed by atoms with van der Waals surface area (Å²) in [7, 11) is -3.99. The number of hydrogen-bond acceptors (Lipinski definition) is 4. The summed E-state index contributed by atoms with van der Waals surface area (Å²) in [4.78, 5) is 0.0212. The van der Waals surface area contributed by atoms with E-state index in [1.54, 1.807) is 18.2 Å². The largest absolute Gasteiger partial charge is 0.398 e. The molecule has 0 unspecified atom stereocenters. The van der Waals surface area contributed by atoms with E-state index >= 15 is 0 Å². The van der Waals surface area contributed by atoms with Crippen molar-refractivity contribution >= 4 is 42.5 Å². The average molecular weight is 370 g/mol. The summed E-state index contributed by atoms with van der Waals surface area (Å²) in [6, 6.07) is 10.6. The van der Waals surface area contributed by atoms with Crippen molar-refractivity contribution in [2.24, 2.45) is 0 Å². The number of anilines is 1. The number of aromatic nitrogens is 2. The van der Waals surface area contributed by atoms with Crippen LogP contribution in [0.2, 0.25) is 0 Å². The van der Waals surface area contributed by atoms with Gasteiger partial charge in [-0.25, -0.2) is 0 Å². The van der Waals surface area contributed by atoms with Gasteiger partial charge in [-0.1, -0.05) is 34.1 Å². The summed E-state index contributed by atoms with van der Waals surface area (Å²) < 4.78 is 40.3. The topological polar surface area (TPSA) is 78.0 Å². The molecule has 0 aliphatic rings. The fraction of sp³-hybridized carbons (Fsp3) is 0. The molecule has 0 aliphatic carbocycles. The number of nitrogens with two attached hydrogens (primary N) is 1. The van der Waals surface area contributed by atoms with Gasteiger partial charge in [-0.05, 0) is 24.3 Å². The lowest BCUT2D eigenvalue weighted by atomic mass is 10.2. The molecular weight excluding hydrogens is 361 g/mol. The third-order valence-corrected chi connectivity index (χ3v) is 5.03. The van der Waals surface area contributed by atoms with Crippen LogP contribution >= 0.6 is 15.9 Å². The van der Waals surface area contributed by atoms with E-state index < -0.39 is 16.0 Å². The van der Waals surface area contributed by atoms with E-state index in [9.17, 15) is 12.8 Å². The third-order valence-electron chi connectivity index (χ3n) is 2.97. The standard InChI is InChI=1S/C13H9BrFN3O2S/c14-8-6-10(16)12-11(7-8)18(17-13(12)15)21(19,20)9-4-2-1-3-5-9/h1-7H,16H2. The Hall–Kier alpha value is -1.93. The first kappa shape index (κ1) is 14.0. The van der Waals surface area contributed by atoms with Crippen molar-refractivity contribution < 1.29 is 12.8 Å². The highest BCUT2D eigenvalue weighted by atomic mass is 79.9. The molecule has 0 fully saturated rings. The van der Waals surface area contributed by atoms with Crippen molar-refractivity contribution in [1.82, 2.24) is 9.19 Å². The predicted molar refractivity (Wildman–Crippen MR) is 80.8 cm³/mol. The molecule has 8 heteroatoms. The van der Waals surface area contributed by atoms with E-state index in [0.717, 1.165) is 0 Å². The summed E-state index contributed by atoms with van der Waals surface area (Å²) in [5.41, 5.74) is 5.94. The van der Waals surface area contributed by atoms with E-state index in [2.05, 4.69) is 21.0 Å². The normalized spacial score (nSPS) is 11.9. The molecule has 5 nitrogen and oxygen atoms in total. The Morgan fingerprint density at radius 2 is 1.86 bits per heavy atom. The number of nitrogens with zero attached hydrogens (tertiary/aromatic N) is 2. The maximum absolute atomic E-state index is 14.0. The van der Waals surface area contributed by atoms with Crippen LogP contribution in [0, 0.1) is 5.95 Å². The molecule has 0 amide bonds. The van der Waals surface area contributed by atoms with Crippen LogP contribution in [-0.2, 0) is 10.0 Å². The number of benzene rings is 2. The Morgan fingerprint density at radius 3 is 2.52 bits per heavy atom. The Kier molecular flexibility index (Phi) is 3.22. The second kappa shape index (κ2) is 4.81. The van der Waals surface area contributed by atoms with Crippen LogP contribution in [0.25, 0.3) is 10.9 Å². The van der Waals surface area contributed by atoms with E-state index in [-0.39, 0.29) is 21.5 Å². The van der Waals surface area contributed by atoms with Crippen molar-refractivity contribution in [3.63, 3.8) is 0 Å². The number of rotatable bonds is 2. The van der Waals surface area contributed by atoms with Crippen LogP contribution in [0.4, 0.5) is 10.1 Å². The highest BCUT2D eigenvalue weighted by Crippen LogP contribution is 2.30. The second-order valence-corrected chi connectivity index (χ2v) is 7.02. The van der Waals surface area contributed by atoms with Crippen molar-refractivity contribution in [2.75, 3.05) is 5.73 Å². The highest BCUT2D eigenvalue weighted by Gasteiger charge is 2.24. The molecule has 1 heterocycles. The molecule has 3 rings (SSSR count). The molecule has 0 saturated heterocycles. The van der Waals surface area contributed by atoms with Gasteiger partial charge < -0.3 is 5.73 Å². The Morgan fingerprint density at radius 1 is 1.19 bits per heavy atom. The summed E-state index contributed by atoms with van der Waals surface area (Å²) >= 11 is 3.21. The van der Waals surface area contributed by atoms with Crippen molar-refractivity contribution in [3.05, 3.63) is 52.9 Å². The van der Waals surface area contributed by atoms with Gasteiger partial charge in [0.15, 0.2) is 0 Å². The summed E-state index contributed by atoms with van der Waals surface area (Å²) in [6.45, 7) is 0. The zero-order valence-corrected chi connectivity index (χ0v) is 12.9. The van der Waals surface area contributed by atoms with Gasteiger partial charge in [0.2, 0.25) is 5.95 Å². The molecule has 21 heavy (non-hydrogen) atoms. The number of halogens is 2. The van der Waals surface area contributed by atoms with Crippen molar-refractivity contribution in [1.29, 1.82) is 0 Å². The first-order chi connectivity index (χ1) is 9.91. The van der Waals surface area contributed by atoms with Gasteiger partial charge in [-0.15, -0.1) is 5.10 Å². The predicted octanol–water partition coefficient (Wildman–Crippen LogP) is 2.76. The van der Waals surface area contributed by atoms with Gasteiger partial charge in [-0.2, -0.15) is 16.9 Å². The summed E-state index contributed by atoms with van der Waals surface area (Å²) in [6.07, 6.45) is 0. The molecule has 0 atom stereocenters. The number of nitrogen functional groups attached to an aromatic ring is 1. The zero-order chi connectivity index (χ0) is 15.2. The maximum atomic E-state index is 14.0. The molecule has 3 aromatic rings. The van der Waals surface area contributed by atoms with Gasteiger partial charge in [-0.3, -0.25) is 0 Å². The monoisotopic (exact) mass is 369 g/mol. The van der Waals surface area contributed by atoms with E-state index in [1.165, 1.54) is 24.3 Å². The smallest absolute Gasteiger partial charge is 0.283 e. The lowest BCUT2D eigenvalue weighted by Gasteiger charge is -2.06. The van der Waals surface area contributed by atoms with E-state index in [0.29, 0.717) is 8.56 Å². The first-order valence-corrected chi connectivity index (χ1v) is 8.08. The van der Waals surface area contributed by atoms with Gasteiger partial charge in [0.25, 0.3) is 10.0 Å². The quantitative estimate of drug-likeness (QED) is 0.704. The molecule has 108 valence electrons. The van der Waals surface area contributed by atoms with Crippen LogP contribution in [0.1, 0.15) is 0 Å². The van der Waals surface area contributed by atoms with Crippen LogP contribution in [0.5, 0.6) is 0 Å². The third kappa shape index (κ3) is 2.20. The lowest BCUT2D eigenvalue weighted by Crippen LogP contribution is -2.14. The summed E-state index contributed by atoms with van der Waals surface area (Å²) in [5, 5.41) is 3.48. The minimum absolute atomic E-state index is 0.0160. The highest BCUT2D eigenvalue weighted by molar-refractivity contribution is 9.10. The minimum atomic E-state index is -3.99. The molecule has 0 spiro atoms. The molecule has 1 aromatic heterocycles. The Labute approximate surface area is 128 Å². The molecular formula is C13H9BrFN3O2S. The molecule has 2 aromatic carbocycles. The summed E-state index contributed by atoms with van der Waals surface area (Å²) in [5.74, 6) is -0.922. The van der Waals surface area contributed by atoms with Gasteiger partial charge in [0, 0.05) is 10.2 Å². The van der Waals surface area contributed by atoms with Crippen LogP contribution in [0.3, 0.4) is 0 Å². The number of hydrogen-bond donors (Lipinski definition) is 1. The van der Waals surface area contributed by atoms with Crippen LogP contribution in [0.15, 0.2) is 51.8 Å². The molecule has 0 saturated carbocycles. The van der Waals surface area contributed by atoms with E-state index in [4.69, 9.17) is 5.73 Å². The van der Waals surface area contributed by atoms with Gasteiger partial charge in [0.05, 0.1) is 15.8 Å². The van der Waals surface area contributed by atoms with Crippen LogP contribution < -0.4 is 5.73 Å². The molecule has 0 radical (unpaired) electrons. The zero-order valence-electron chi connectivity index (χ0n) is 10.5. The molecule has 0 aliphatic heterocycles. The fourth-order valence-corrected chi connectivity index (χ4v) is 3.79. The van der Waals surface area contributed by atoms with Crippen molar-refractivity contribution in [2.45, 2.75) is 4.90 Å². The first-order valence-electron chi connectivity index (χ1n) is 5.85. The Balaban J connectivity index is 2.37. The molecule has 2 N–H and O–H groups in total. The number of fused-ring (bicyclic) bond motifs is 1.